The Morgan fingerprint density at radius 3 is 0.992 bits per heavy atom. The van der Waals surface area contributed by atoms with E-state index in [9.17, 15) is 0 Å². The van der Waals surface area contributed by atoms with Gasteiger partial charge < -0.3 is 8.83 Å². The normalized spacial score (nSPS) is 12.4. The van der Waals surface area contributed by atoms with Crippen molar-refractivity contribution in [3.8, 4) is 89.0 Å². The van der Waals surface area contributed by atoms with E-state index < -0.39 is 0 Å². The van der Waals surface area contributed by atoms with E-state index in [-0.39, 0.29) is 5.41 Å². The first-order valence-electron chi connectivity index (χ1n) is 42.7. The Morgan fingerprint density at radius 1 is 0.163 bits per heavy atom. The third-order valence-corrected chi connectivity index (χ3v) is 26.3. The molecule has 0 unspecified atom stereocenters. The molecule has 0 fully saturated rings. The summed E-state index contributed by atoms with van der Waals surface area (Å²) in [6.45, 7) is 4.83. The van der Waals surface area contributed by atoms with E-state index in [1.54, 1.807) is 0 Å². The summed E-state index contributed by atoms with van der Waals surface area (Å²) in [6, 6.07) is 159. The van der Waals surface area contributed by atoms with Crippen molar-refractivity contribution >= 4 is 152 Å². The highest BCUT2D eigenvalue weighted by Gasteiger charge is 2.39. The van der Waals surface area contributed by atoms with Gasteiger partial charge in [0.1, 0.15) is 22.3 Å². The van der Waals surface area contributed by atoms with Gasteiger partial charge in [-0.2, -0.15) is 0 Å². The molecule has 0 amide bonds. The van der Waals surface area contributed by atoms with E-state index in [0.29, 0.717) is 0 Å². The second-order valence-corrected chi connectivity index (χ2v) is 33.4. The smallest absolute Gasteiger partial charge is 0.136 e. The molecule has 574 valence electrons. The first-order chi connectivity index (χ1) is 60.8. The average Bonchev–Trinajstić information content (AvgIpc) is 1.59. The third-order valence-electron chi connectivity index (χ3n) is 26.3. The number of benzene rings is 23. The molecule has 0 saturated carbocycles. The predicted octanol–water partition coefficient (Wildman–Crippen LogP) is 34.4. The highest BCUT2D eigenvalue weighted by Crippen LogP contribution is 2.58. The molecule has 0 bridgehead atoms. The van der Waals surface area contributed by atoms with Crippen LogP contribution in [0.1, 0.15) is 25.0 Å². The molecule has 0 radical (unpaired) electrons. The van der Waals surface area contributed by atoms with Gasteiger partial charge in [0.05, 0.1) is 0 Å². The molecule has 0 saturated heterocycles. The lowest BCUT2D eigenvalue weighted by Gasteiger charge is -2.25. The number of furan rings is 2. The van der Waals surface area contributed by atoms with Crippen LogP contribution in [0.4, 0.5) is 0 Å². The molecule has 0 atom stereocenters. The maximum atomic E-state index is 6.44. The van der Waals surface area contributed by atoms with Crippen molar-refractivity contribution in [2.45, 2.75) is 19.3 Å². The zero-order valence-corrected chi connectivity index (χ0v) is 67.9. The molecule has 0 N–H and O–H groups in total. The highest BCUT2D eigenvalue weighted by atomic mass is 16.3. The van der Waals surface area contributed by atoms with Crippen LogP contribution in [0.2, 0.25) is 0 Å². The molecular weight excluding hydrogens is 1490 g/mol. The van der Waals surface area contributed by atoms with Crippen molar-refractivity contribution in [2.24, 2.45) is 0 Å². The summed E-state index contributed by atoms with van der Waals surface area (Å²) in [5.74, 6) is 0. The molecule has 25 aromatic rings. The first kappa shape index (κ1) is 71.4. The zero-order chi connectivity index (χ0) is 81.4. The van der Waals surface area contributed by atoms with Crippen LogP contribution in [0, 0.1) is 0 Å². The van der Waals surface area contributed by atoms with Crippen LogP contribution in [-0.4, -0.2) is 0 Å². The quantitative estimate of drug-likeness (QED) is 0.149. The highest BCUT2D eigenvalue weighted by molar-refractivity contribution is 6.28. The van der Waals surface area contributed by atoms with Crippen molar-refractivity contribution in [2.75, 3.05) is 0 Å². The average molecular weight is 1560 g/mol. The Kier molecular flexibility index (Phi) is 16.7. The molecule has 1 aliphatic rings. The third kappa shape index (κ3) is 11.5. The largest absolute Gasteiger partial charge is 0.456 e. The van der Waals surface area contributed by atoms with Crippen LogP contribution in [0.5, 0.6) is 0 Å². The lowest BCUT2D eigenvalue weighted by Crippen LogP contribution is -2.15. The van der Waals surface area contributed by atoms with E-state index in [4.69, 9.17) is 8.83 Å². The fourth-order valence-corrected chi connectivity index (χ4v) is 20.9. The van der Waals surface area contributed by atoms with Crippen molar-refractivity contribution in [3.05, 3.63) is 448 Å². The molecule has 1 aliphatic carbocycles. The molecule has 123 heavy (non-hydrogen) atoms. The van der Waals surface area contributed by atoms with Crippen molar-refractivity contribution in [1.82, 2.24) is 0 Å². The summed E-state index contributed by atoms with van der Waals surface area (Å²) in [4.78, 5) is 0. The molecule has 0 spiro atoms. The summed E-state index contributed by atoms with van der Waals surface area (Å²) in [6.07, 6.45) is 0. The SMILES string of the molecule is CC1(C)c2cc(-c3c4ccccc4c(-c4ccccc4)c4ccccc34)c3ccccc3c2-c2ccc3ccccc3c21.c1ccc(-c2c3ccccc3c(-c3ccc4oc5cc6ccccc6cc5c4c3)c3ccccc23)cc1.c1ccc(-c2c3ccccc3c(-c3ccccc3)c3cc(-c4ccc5c(c4)oc4ccc6ccccc6c45)ccc23)cc1. The lowest BCUT2D eigenvalue weighted by atomic mass is 9.78. The van der Waals surface area contributed by atoms with Crippen molar-refractivity contribution in [3.63, 3.8) is 0 Å². The number of fused-ring (bicyclic) bond motifs is 22. The Labute approximate surface area is 711 Å². The van der Waals surface area contributed by atoms with Crippen molar-refractivity contribution in [1.29, 1.82) is 0 Å². The molecule has 26 rings (SSSR count). The molecule has 2 aromatic heterocycles. The van der Waals surface area contributed by atoms with E-state index in [1.807, 2.05) is 0 Å². The van der Waals surface area contributed by atoms with Gasteiger partial charge in [0.25, 0.3) is 0 Å². The van der Waals surface area contributed by atoms with E-state index in [0.717, 1.165) is 44.1 Å². The predicted molar refractivity (Wildman–Crippen MR) is 525 cm³/mol. The van der Waals surface area contributed by atoms with Crippen LogP contribution in [0.25, 0.3) is 241 Å². The summed E-state index contributed by atoms with van der Waals surface area (Å²) in [5, 5.41) is 30.1. The number of hydrogen-bond acceptors (Lipinski definition) is 2. The molecule has 23 aromatic carbocycles. The van der Waals surface area contributed by atoms with Crippen LogP contribution in [-0.2, 0) is 5.41 Å². The number of rotatable bonds is 7. The summed E-state index contributed by atoms with van der Waals surface area (Å²) >= 11 is 0. The van der Waals surface area contributed by atoms with E-state index in [2.05, 4.69) is 451 Å². The van der Waals surface area contributed by atoms with Gasteiger partial charge in [-0.3, -0.25) is 0 Å². The summed E-state index contributed by atoms with van der Waals surface area (Å²) in [5.41, 5.74) is 26.7. The summed E-state index contributed by atoms with van der Waals surface area (Å²) in [7, 11) is 0. The standard InChI is InChI=1S/C43H30.C42H26O.C36H22O/c1-43(2)38-26-37(30-18-8-9-19-31(30)41(38)36-25-24-27-14-6-7-17-29(27)42(36)43)40-34-22-12-10-20-32(34)39(28-15-4-3-5-16-28)33-21-11-13-23-35(33)40;1-3-12-28(13-4-1)40-33-17-9-10-18-34(33)41(29-14-5-2-6-15-29)37-25-30(19-22-35(37)40)31-20-23-36-39(26-31)43-38-24-21-27-11-7-8-16-32(27)42(36)38;1-2-10-23(11-3-1)35-27-14-6-8-16-29(27)36(30-17-9-7-15-28(30)35)26-18-19-33-31(21-26)32-20-24-12-4-5-13-25(24)22-34(32)37-33/h3-26H,1-2H3;1-26H;1-22H. The molecule has 2 nitrogen and oxygen atoms in total. The molecular formula is C121H78O2. The van der Waals surface area contributed by atoms with E-state index >= 15 is 0 Å². The zero-order valence-electron chi connectivity index (χ0n) is 67.9. The van der Waals surface area contributed by atoms with Crippen LogP contribution in [0.15, 0.2) is 446 Å². The van der Waals surface area contributed by atoms with Gasteiger partial charge in [-0.1, -0.05) is 396 Å². The first-order valence-corrected chi connectivity index (χ1v) is 42.7. The fraction of sp³-hybridized carbons (Fsp3) is 0.0248. The van der Waals surface area contributed by atoms with Gasteiger partial charge in [-0.05, 0) is 262 Å². The Bertz CT molecular complexity index is 8510. The topological polar surface area (TPSA) is 26.3 Å². The monoisotopic (exact) mass is 1560 g/mol. The molecule has 2 heteroatoms. The minimum atomic E-state index is -0.139. The number of hydrogen-bond donors (Lipinski definition) is 0. The Morgan fingerprint density at radius 2 is 0.488 bits per heavy atom. The van der Waals surface area contributed by atoms with Gasteiger partial charge in [-0.15, -0.1) is 0 Å². The minimum Gasteiger partial charge on any atom is -0.456 e. The van der Waals surface area contributed by atoms with E-state index in [1.165, 1.54) is 208 Å². The molecule has 2 heterocycles. The maximum Gasteiger partial charge on any atom is 0.136 e. The second kappa shape index (κ2) is 28.8. The van der Waals surface area contributed by atoms with Gasteiger partial charge in [-0.25, -0.2) is 0 Å². The lowest BCUT2D eigenvalue weighted by molar-refractivity contribution is 0.667. The van der Waals surface area contributed by atoms with Crippen LogP contribution in [0.3, 0.4) is 0 Å². The fourth-order valence-electron chi connectivity index (χ4n) is 20.9. The maximum absolute atomic E-state index is 6.44. The van der Waals surface area contributed by atoms with Crippen LogP contribution >= 0.6 is 0 Å². The Hall–Kier alpha value is -15.7. The van der Waals surface area contributed by atoms with Crippen LogP contribution < -0.4 is 0 Å². The second-order valence-electron chi connectivity index (χ2n) is 33.4. The van der Waals surface area contributed by atoms with Gasteiger partial charge in [0, 0.05) is 27.0 Å². The summed E-state index contributed by atoms with van der Waals surface area (Å²) < 4.78 is 12.7. The van der Waals surface area contributed by atoms with Crippen molar-refractivity contribution < 1.29 is 8.83 Å². The minimum absolute atomic E-state index is 0.139. The van der Waals surface area contributed by atoms with Gasteiger partial charge >= 0.3 is 0 Å². The van der Waals surface area contributed by atoms with Gasteiger partial charge in [0.15, 0.2) is 0 Å². The molecule has 0 aliphatic heterocycles. The Balaban J connectivity index is 0.000000104. The van der Waals surface area contributed by atoms with Gasteiger partial charge in [0.2, 0.25) is 0 Å².